The molecule has 0 saturated heterocycles. The number of benzene rings is 4. The second kappa shape index (κ2) is 8.93. The van der Waals surface area contributed by atoms with Gasteiger partial charge in [-0.1, -0.05) is 71.2 Å². The van der Waals surface area contributed by atoms with Crippen LogP contribution < -0.4 is 4.90 Å². The highest BCUT2D eigenvalue weighted by Gasteiger charge is 2.10. The first-order chi connectivity index (χ1) is 13.9. The van der Waals surface area contributed by atoms with Gasteiger partial charge in [0, 0.05) is 17.1 Å². The molecule has 0 amide bonds. The second-order valence-corrected chi connectivity index (χ2v) is 6.87. The lowest BCUT2D eigenvalue weighted by Crippen LogP contribution is -2.09. The van der Waals surface area contributed by atoms with Gasteiger partial charge in [0.2, 0.25) is 0 Å². The zero-order valence-corrected chi connectivity index (χ0v) is 16.0. The van der Waals surface area contributed by atoms with Gasteiger partial charge in [0.05, 0.1) is 4.70 Å². The molecule has 0 unspecified atom stereocenters. The number of hydrogen-bond donors (Lipinski definition) is 0. The van der Waals surface area contributed by atoms with E-state index >= 15 is 0 Å². The van der Waals surface area contributed by atoms with Crippen LogP contribution in [0.4, 0.5) is 17.1 Å². The van der Waals surface area contributed by atoms with E-state index in [1.807, 2.05) is 42.5 Å². The van der Waals surface area contributed by atoms with Crippen LogP contribution in [0.25, 0.3) is 10.2 Å². The number of fused-ring (bicyclic) bond motifs is 1. The van der Waals surface area contributed by atoms with Gasteiger partial charge in [-0.05, 0) is 60.1 Å². The van der Waals surface area contributed by atoms with E-state index in [0.717, 1.165) is 10.2 Å². The highest BCUT2D eigenvalue weighted by molar-refractivity contribution is 7.12. The summed E-state index contributed by atoms with van der Waals surface area (Å²) in [6, 6.07) is 39.2. The topological polar surface area (TPSA) is 29.0 Å². The van der Waals surface area contributed by atoms with Crippen molar-refractivity contribution in [2.24, 2.45) is 0 Å². The molecule has 0 aliphatic rings. The average molecular weight is 382 g/mol. The van der Waals surface area contributed by atoms with Crippen molar-refractivity contribution in [3.05, 3.63) is 115 Å². The Bertz CT molecular complexity index is 985. The maximum atomic E-state index is 3.89. The Hall–Kier alpha value is -3.50. The number of rotatable bonds is 3. The van der Waals surface area contributed by atoms with E-state index in [9.17, 15) is 0 Å². The Labute approximate surface area is 168 Å². The smallest absolute Gasteiger partial charge is 0.105 e. The molecule has 0 aliphatic carbocycles. The normalized spacial score (nSPS) is 10.1. The van der Waals surface area contributed by atoms with E-state index in [2.05, 4.69) is 87.3 Å². The maximum Gasteiger partial charge on any atom is 0.105 e. The quantitative estimate of drug-likeness (QED) is 0.342. The molecule has 136 valence electrons. The molecule has 5 aromatic rings. The summed E-state index contributed by atoms with van der Waals surface area (Å²) >= 11 is 1.43. The zero-order valence-electron chi connectivity index (χ0n) is 15.2. The van der Waals surface area contributed by atoms with Gasteiger partial charge in [0.15, 0.2) is 0 Å². The maximum absolute atomic E-state index is 3.89. The molecule has 0 aliphatic heterocycles. The van der Waals surface area contributed by atoms with E-state index in [0.29, 0.717) is 0 Å². The van der Waals surface area contributed by atoms with Crippen LogP contribution >= 0.6 is 11.5 Å². The third-order valence-corrected chi connectivity index (χ3v) is 4.90. The lowest BCUT2D eigenvalue weighted by molar-refractivity contribution is 1.20. The van der Waals surface area contributed by atoms with Gasteiger partial charge >= 0.3 is 0 Å². The van der Waals surface area contributed by atoms with Crippen molar-refractivity contribution in [1.29, 1.82) is 0 Å². The minimum absolute atomic E-state index is 0.988. The molecule has 0 spiro atoms. The first-order valence-electron chi connectivity index (χ1n) is 9.04. The zero-order chi connectivity index (χ0) is 19.0. The molecule has 0 atom stereocenters. The molecule has 0 bridgehead atoms. The Morgan fingerprint density at radius 3 is 1.39 bits per heavy atom. The predicted octanol–water partition coefficient (Wildman–Crippen LogP) is 6.85. The van der Waals surface area contributed by atoms with E-state index in [-0.39, 0.29) is 0 Å². The molecule has 0 radical (unpaired) electrons. The van der Waals surface area contributed by atoms with Crippen LogP contribution in [0.3, 0.4) is 0 Å². The average Bonchev–Trinajstić information content (AvgIpc) is 3.26. The molecule has 0 fully saturated rings. The first-order valence-corrected chi connectivity index (χ1v) is 9.81. The number of para-hydroxylation sites is 3. The van der Waals surface area contributed by atoms with Gasteiger partial charge < -0.3 is 4.90 Å². The summed E-state index contributed by atoms with van der Waals surface area (Å²) in [5, 5.41) is 3.89. The highest BCUT2D eigenvalue weighted by atomic mass is 32.1. The van der Waals surface area contributed by atoms with Crippen molar-refractivity contribution in [3.63, 3.8) is 0 Å². The minimum Gasteiger partial charge on any atom is -0.311 e. The fourth-order valence-corrected chi connectivity index (χ4v) is 3.46. The summed E-state index contributed by atoms with van der Waals surface area (Å²) in [6.07, 6.45) is 0. The van der Waals surface area contributed by atoms with Crippen LogP contribution in [0.5, 0.6) is 0 Å². The number of aromatic nitrogens is 2. The molecule has 0 saturated carbocycles. The van der Waals surface area contributed by atoms with E-state index < -0.39 is 0 Å². The van der Waals surface area contributed by atoms with Crippen molar-refractivity contribution in [1.82, 2.24) is 9.59 Å². The Morgan fingerprint density at radius 2 is 0.929 bits per heavy atom. The Morgan fingerprint density at radius 1 is 0.500 bits per heavy atom. The number of anilines is 3. The third-order valence-electron chi connectivity index (χ3n) is 4.20. The van der Waals surface area contributed by atoms with Crippen LogP contribution in [-0.2, 0) is 0 Å². The van der Waals surface area contributed by atoms with Crippen LogP contribution in [0.2, 0.25) is 0 Å². The Kier molecular flexibility index (Phi) is 5.71. The van der Waals surface area contributed by atoms with Gasteiger partial charge in [-0.3, -0.25) is 0 Å². The lowest BCUT2D eigenvalue weighted by atomic mass is 10.2. The summed E-state index contributed by atoms with van der Waals surface area (Å²) in [5.41, 5.74) is 4.49. The predicted molar refractivity (Wildman–Crippen MR) is 119 cm³/mol. The summed E-state index contributed by atoms with van der Waals surface area (Å²) in [4.78, 5) is 2.25. The minimum atomic E-state index is 0.988. The van der Waals surface area contributed by atoms with Gasteiger partial charge in [0.25, 0.3) is 0 Å². The fourth-order valence-electron chi connectivity index (χ4n) is 2.90. The van der Waals surface area contributed by atoms with E-state index in [1.54, 1.807) is 0 Å². The van der Waals surface area contributed by atoms with Crippen molar-refractivity contribution in [2.75, 3.05) is 4.90 Å². The van der Waals surface area contributed by atoms with E-state index in [4.69, 9.17) is 0 Å². The monoisotopic (exact) mass is 381 g/mol. The van der Waals surface area contributed by atoms with E-state index in [1.165, 1.54) is 28.6 Å². The molecule has 4 aromatic carbocycles. The second-order valence-electron chi connectivity index (χ2n) is 6.08. The summed E-state index contributed by atoms with van der Waals surface area (Å²) in [5.74, 6) is 0. The van der Waals surface area contributed by atoms with Crippen molar-refractivity contribution >= 4 is 38.8 Å². The molecule has 0 N–H and O–H groups in total. The molecule has 4 heteroatoms. The van der Waals surface area contributed by atoms with Gasteiger partial charge in [-0.25, -0.2) is 0 Å². The van der Waals surface area contributed by atoms with Crippen LogP contribution in [0.15, 0.2) is 115 Å². The number of hydrogen-bond acceptors (Lipinski definition) is 4. The van der Waals surface area contributed by atoms with Gasteiger partial charge in [-0.15, -0.1) is 5.10 Å². The molecule has 28 heavy (non-hydrogen) atoms. The number of nitrogens with zero attached hydrogens (tertiary/aromatic N) is 3. The Balaban J connectivity index is 0.000000177. The van der Waals surface area contributed by atoms with Crippen LogP contribution in [0.1, 0.15) is 0 Å². The van der Waals surface area contributed by atoms with Crippen molar-refractivity contribution in [2.45, 2.75) is 0 Å². The lowest BCUT2D eigenvalue weighted by Gasteiger charge is -2.25. The summed E-state index contributed by atoms with van der Waals surface area (Å²) < 4.78 is 4.94. The van der Waals surface area contributed by atoms with Crippen LogP contribution in [0, 0.1) is 0 Å². The molecule has 1 heterocycles. The standard InChI is InChI=1S/C18H15N.C6H4N2S/c1-4-10-16(11-5-1)19(17-12-6-2-7-13-17)18-14-8-3-9-15-18;1-2-4-6-5(3-1)7-8-9-6/h1-15H;1-4H. The molecular formula is C24H19N3S. The first kappa shape index (κ1) is 17.9. The summed E-state index contributed by atoms with van der Waals surface area (Å²) in [7, 11) is 0. The highest BCUT2D eigenvalue weighted by Crippen LogP contribution is 2.33. The molecule has 1 aromatic heterocycles. The molecule has 3 nitrogen and oxygen atoms in total. The largest absolute Gasteiger partial charge is 0.311 e. The van der Waals surface area contributed by atoms with Crippen molar-refractivity contribution < 1.29 is 0 Å². The fraction of sp³-hybridized carbons (Fsp3) is 0. The van der Waals surface area contributed by atoms with Gasteiger partial charge in [0.1, 0.15) is 5.52 Å². The van der Waals surface area contributed by atoms with Crippen molar-refractivity contribution in [3.8, 4) is 0 Å². The third kappa shape index (κ3) is 4.24. The summed E-state index contributed by atoms with van der Waals surface area (Å²) in [6.45, 7) is 0. The van der Waals surface area contributed by atoms with Crippen LogP contribution in [-0.4, -0.2) is 9.59 Å². The molecule has 5 rings (SSSR count). The SMILES string of the molecule is c1ccc(N(c2ccccc2)c2ccccc2)cc1.c1ccc2snnc2c1. The van der Waals surface area contributed by atoms with Gasteiger partial charge in [-0.2, -0.15) is 0 Å². The molecular weight excluding hydrogens is 362 g/mol.